The summed E-state index contributed by atoms with van der Waals surface area (Å²) in [6, 6.07) is 6.15. The van der Waals surface area contributed by atoms with Crippen molar-refractivity contribution in [3.63, 3.8) is 0 Å². The average Bonchev–Trinajstić information content (AvgIpc) is 2.84. The van der Waals surface area contributed by atoms with Crippen LogP contribution in [-0.4, -0.2) is 17.4 Å². The standard InChI is InChI=1S/C16H19N3OS/c1-10-3-4-12(7-11(10)2)8-15(20)19-16-18-13-5-6-17-9-14(13)21-16/h3-4,7,17H,5-6,8-9H2,1-2H3,(H,18,19,20). The number of anilines is 1. The van der Waals surface area contributed by atoms with E-state index in [9.17, 15) is 4.79 Å². The minimum atomic E-state index is -0.00249. The van der Waals surface area contributed by atoms with Crippen molar-refractivity contribution in [2.45, 2.75) is 33.2 Å². The van der Waals surface area contributed by atoms with Crippen LogP contribution >= 0.6 is 11.3 Å². The third-order valence-corrected chi connectivity index (χ3v) is 4.80. The van der Waals surface area contributed by atoms with Gasteiger partial charge in [-0.2, -0.15) is 0 Å². The van der Waals surface area contributed by atoms with E-state index in [1.807, 2.05) is 6.07 Å². The Labute approximate surface area is 128 Å². The lowest BCUT2D eigenvalue weighted by molar-refractivity contribution is -0.115. The maximum Gasteiger partial charge on any atom is 0.230 e. The number of hydrogen-bond acceptors (Lipinski definition) is 4. The summed E-state index contributed by atoms with van der Waals surface area (Å²) >= 11 is 1.57. The molecule has 110 valence electrons. The van der Waals surface area contributed by atoms with Crippen LogP contribution in [0.2, 0.25) is 0 Å². The molecule has 0 fully saturated rings. The predicted molar refractivity (Wildman–Crippen MR) is 85.8 cm³/mol. The van der Waals surface area contributed by atoms with Gasteiger partial charge in [-0.1, -0.05) is 18.2 Å². The van der Waals surface area contributed by atoms with E-state index in [1.54, 1.807) is 11.3 Å². The van der Waals surface area contributed by atoms with Crippen LogP contribution in [0.25, 0.3) is 0 Å². The van der Waals surface area contributed by atoms with Crippen molar-refractivity contribution in [2.24, 2.45) is 0 Å². The van der Waals surface area contributed by atoms with Gasteiger partial charge in [0.1, 0.15) is 0 Å². The van der Waals surface area contributed by atoms with E-state index in [1.165, 1.54) is 16.0 Å². The fourth-order valence-corrected chi connectivity index (χ4v) is 3.44. The predicted octanol–water partition coefficient (Wildman–Crippen LogP) is 2.59. The SMILES string of the molecule is Cc1ccc(CC(=O)Nc2nc3c(s2)CNCC3)cc1C. The maximum absolute atomic E-state index is 12.1. The quantitative estimate of drug-likeness (QED) is 0.916. The number of aromatic nitrogens is 1. The summed E-state index contributed by atoms with van der Waals surface area (Å²) in [6.45, 7) is 5.97. The second-order valence-corrected chi connectivity index (χ2v) is 6.54. The maximum atomic E-state index is 12.1. The number of thiazole rings is 1. The van der Waals surface area contributed by atoms with Crippen LogP contribution in [0.5, 0.6) is 0 Å². The summed E-state index contributed by atoms with van der Waals surface area (Å²) in [6.07, 6.45) is 1.34. The number of amides is 1. The lowest BCUT2D eigenvalue weighted by Gasteiger charge is -2.09. The molecule has 0 spiro atoms. The molecule has 0 unspecified atom stereocenters. The molecule has 2 heterocycles. The van der Waals surface area contributed by atoms with Crippen LogP contribution in [0.4, 0.5) is 5.13 Å². The van der Waals surface area contributed by atoms with Crippen molar-refractivity contribution >= 4 is 22.4 Å². The molecule has 1 aliphatic heterocycles. The molecule has 0 bridgehead atoms. The molecule has 1 aliphatic rings. The van der Waals surface area contributed by atoms with E-state index in [-0.39, 0.29) is 5.91 Å². The number of nitrogens with one attached hydrogen (secondary N) is 2. The second kappa shape index (κ2) is 5.95. The zero-order valence-corrected chi connectivity index (χ0v) is 13.1. The van der Waals surface area contributed by atoms with Crippen LogP contribution in [0.15, 0.2) is 18.2 Å². The largest absolute Gasteiger partial charge is 0.311 e. The average molecular weight is 301 g/mol. The number of rotatable bonds is 3. The highest BCUT2D eigenvalue weighted by molar-refractivity contribution is 7.15. The molecule has 4 nitrogen and oxygen atoms in total. The van der Waals surface area contributed by atoms with Crippen molar-refractivity contribution in [1.82, 2.24) is 10.3 Å². The van der Waals surface area contributed by atoms with Crippen molar-refractivity contribution in [3.8, 4) is 0 Å². The molecular weight excluding hydrogens is 282 g/mol. The number of aryl methyl sites for hydroxylation is 2. The van der Waals surface area contributed by atoms with Gasteiger partial charge in [0, 0.05) is 24.4 Å². The molecule has 3 rings (SSSR count). The van der Waals surface area contributed by atoms with Crippen molar-refractivity contribution in [1.29, 1.82) is 0 Å². The van der Waals surface area contributed by atoms with Crippen LogP contribution in [-0.2, 0) is 24.2 Å². The minimum absolute atomic E-state index is 0.00249. The van der Waals surface area contributed by atoms with Gasteiger partial charge in [-0.3, -0.25) is 4.79 Å². The highest BCUT2D eigenvalue weighted by atomic mass is 32.1. The lowest BCUT2D eigenvalue weighted by Crippen LogP contribution is -2.22. The van der Waals surface area contributed by atoms with Gasteiger partial charge >= 0.3 is 0 Å². The van der Waals surface area contributed by atoms with E-state index in [4.69, 9.17) is 0 Å². The van der Waals surface area contributed by atoms with Gasteiger partial charge in [0.2, 0.25) is 5.91 Å². The Bertz CT molecular complexity index is 655. The minimum Gasteiger partial charge on any atom is -0.311 e. The first-order chi connectivity index (χ1) is 10.1. The van der Waals surface area contributed by atoms with Crippen molar-refractivity contribution in [2.75, 3.05) is 11.9 Å². The molecule has 0 aliphatic carbocycles. The molecule has 21 heavy (non-hydrogen) atoms. The van der Waals surface area contributed by atoms with Gasteiger partial charge < -0.3 is 10.6 Å². The summed E-state index contributed by atoms with van der Waals surface area (Å²) in [7, 11) is 0. The van der Waals surface area contributed by atoms with Gasteiger partial charge in [0.15, 0.2) is 5.13 Å². The summed E-state index contributed by atoms with van der Waals surface area (Å²) in [5.41, 5.74) is 4.63. The Kier molecular flexibility index (Phi) is 4.03. The highest BCUT2D eigenvalue weighted by Gasteiger charge is 2.16. The third-order valence-electron chi connectivity index (χ3n) is 3.78. The van der Waals surface area contributed by atoms with Crippen LogP contribution in [0, 0.1) is 13.8 Å². The Morgan fingerprint density at radius 2 is 2.24 bits per heavy atom. The van der Waals surface area contributed by atoms with Crippen LogP contribution in [0.3, 0.4) is 0 Å². The summed E-state index contributed by atoms with van der Waals surface area (Å²) < 4.78 is 0. The number of benzene rings is 1. The summed E-state index contributed by atoms with van der Waals surface area (Å²) in [5, 5.41) is 6.96. The first-order valence-electron chi connectivity index (χ1n) is 7.17. The number of hydrogen-bond donors (Lipinski definition) is 2. The Morgan fingerprint density at radius 1 is 1.38 bits per heavy atom. The summed E-state index contributed by atoms with van der Waals surface area (Å²) in [4.78, 5) is 17.9. The zero-order chi connectivity index (χ0) is 14.8. The summed E-state index contributed by atoms with van der Waals surface area (Å²) in [5.74, 6) is -0.00249. The Hall–Kier alpha value is -1.72. The smallest absolute Gasteiger partial charge is 0.230 e. The second-order valence-electron chi connectivity index (χ2n) is 5.46. The van der Waals surface area contributed by atoms with E-state index >= 15 is 0 Å². The molecular formula is C16H19N3OS. The Morgan fingerprint density at radius 3 is 3.00 bits per heavy atom. The molecule has 1 aromatic heterocycles. The highest BCUT2D eigenvalue weighted by Crippen LogP contribution is 2.25. The Balaban J connectivity index is 1.66. The van der Waals surface area contributed by atoms with E-state index in [0.717, 1.165) is 35.9 Å². The molecule has 0 saturated heterocycles. The first-order valence-corrected chi connectivity index (χ1v) is 7.99. The first kappa shape index (κ1) is 14.2. The molecule has 2 N–H and O–H groups in total. The zero-order valence-electron chi connectivity index (χ0n) is 12.3. The molecule has 0 radical (unpaired) electrons. The van der Waals surface area contributed by atoms with Crippen molar-refractivity contribution in [3.05, 3.63) is 45.5 Å². The van der Waals surface area contributed by atoms with Gasteiger partial charge in [-0.15, -0.1) is 11.3 Å². The van der Waals surface area contributed by atoms with Gasteiger partial charge in [-0.25, -0.2) is 4.98 Å². The van der Waals surface area contributed by atoms with Gasteiger partial charge in [-0.05, 0) is 30.5 Å². The number of carbonyl (C=O) groups is 1. The molecule has 2 aromatic rings. The number of fused-ring (bicyclic) bond motifs is 1. The molecule has 1 amide bonds. The van der Waals surface area contributed by atoms with E-state index in [0.29, 0.717) is 6.42 Å². The van der Waals surface area contributed by atoms with Crippen LogP contribution < -0.4 is 10.6 Å². The lowest BCUT2D eigenvalue weighted by atomic mass is 10.0. The fourth-order valence-electron chi connectivity index (χ4n) is 2.44. The van der Waals surface area contributed by atoms with Gasteiger partial charge in [0.25, 0.3) is 0 Å². The molecule has 5 heteroatoms. The van der Waals surface area contributed by atoms with Crippen LogP contribution in [0.1, 0.15) is 27.3 Å². The monoisotopic (exact) mass is 301 g/mol. The van der Waals surface area contributed by atoms with Crippen molar-refractivity contribution < 1.29 is 4.79 Å². The van der Waals surface area contributed by atoms with E-state index in [2.05, 4.69) is 41.6 Å². The van der Waals surface area contributed by atoms with E-state index < -0.39 is 0 Å². The molecule has 1 aromatic carbocycles. The molecule has 0 saturated carbocycles. The number of carbonyl (C=O) groups excluding carboxylic acids is 1. The fraction of sp³-hybridized carbons (Fsp3) is 0.375. The third kappa shape index (κ3) is 3.31. The topological polar surface area (TPSA) is 54.0 Å². The van der Waals surface area contributed by atoms with Gasteiger partial charge in [0.05, 0.1) is 12.1 Å². The normalized spacial score (nSPS) is 13.8. The number of nitrogens with zero attached hydrogens (tertiary/aromatic N) is 1. The molecule has 0 atom stereocenters.